The van der Waals surface area contributed by atoms with Crippen LogP contribution in [0.1, 0.15) is 36.2 Å². The van der Waals surface area contributed by atoms with E-state index >= 15 is 0 Å². The van der Waals surface area contributed by atoms with E-state index in [1.165, 1.54) is 36.9 Å². The van der Waals surface area contributed by atoms with Gasteiger partial charge >= 0.3 is 5.97 Å². The number of hydrogen-bond acceptors (Lipinski definition) is 10. The van der Waals surface area contributed by atoms with Gasteiger partial charge in [-0.3, -0.25) is 9.59 Å². The normalized spacial score (nSPS) is 16.5. The van der Waals surface area contributed by atoms with E-state index in [1.807, 2.05) is 60.9 Å². The number of esters is 1. The van der Waals surface area contributed by atoms with Gasteiger partial charge in [-0.1, -0.05) is 116 Å². The highest BCUT2D eigenvalue weighted by Crippen LogP contribution is 2.40. The smallest absolute Gasteiger partial charge is 0.352 e. The minimum absolute atomic E-state index is 0.179. The molecular weight excluding hydrogens is 687 g/mol. The Morgan fingerprint density at radius 3 is 1.96 bits per heavy atom. The number of ether oxygens (including phenoxy) is 1. The molecule has 1 saturated heterocycles. The van der Waals surface area contributed by atoms with Crippen LogP contribution in [0.5, 0.6) is 0 Å². The first-order valence-electron chi connectivity index (χ1n) is 16.3. The fraction of sp³-hybridized carbons (Fsp3) is 0.324. The highest BCUT2D eigenvalue weighted by atomic mass is 32.2. The molecule has 50 heavy (non-hydrogen) atoms. The molecule has 0 aliphatic carbocycles. The minimum atomic E-state index is -1.50. The molecule has 3 N–H and O–H groups in total. The number of thioether (sulfide) groups is 1. The fourth-order valence-electron chi connectivity index (χ4n) is 5.31. The molecule has 3 aromatic carbocycles. The Labute approximate surface area is 302 Å². The van der Waals surface area contributed by atoms with E-state index < -0.39 is 37.1 Å². The summed E-state index contributed by atoms with van der Waals surface area (Å²) in [6.07, 6.45) is 1.84. The number of oxime groups is 1. The second-order valence-electron chi connectivity index (χ2n) is 13.6. The number of anilines is 1. The maximum absolute atomic E-state index is 13.8. The number of nitrogens with zero attached hydrogens (tertiary/aromatic N) is 2. The van der Waals surface area contributed by atoms with Crippen LogP contribution in [0.3, 0.4) is 0 Å². The molecule has 0 saturated carbocycles. The second-order valence-corrected chi connectivity index (χ2v) is 21.1. The van der Waals surface area contributed by atoms with Gasteiger partial charge in [0.25, 0.3) is 5.91 Å². The summed E-state index contributed by atoms with van der Waals surface area (Å²) in [5.41, 5.74) is 0.628. The van der Waals surface area contributed by atoms with Gasteiger partial charge in [-0.05, 0) is 42.8 Å². The van der Waals surface area contributed by atoms with Crippen molar-refractivity contribution >= 4 is 59.8 Å². The molecule has 2 amide bonds. The Kier molecular flexibility index (Phi) is 11.5. The van der Waals surface area contributed by atoms with Crippen molar-refractivity contribution in [3.05, 3.63) is 119 Å². The third kappa shape index (κ3) is 8.45. The summed E-state index contributed by atoms with van der Waals surface area (Å²) in [6, 6.07) is 30.3. The largest absolute Gasteiger partial charge is 0.463 e. The van der Waals surface area contributed by atoms with Crippen molar-refractivity contribution in [2.45, 2.75) is 62.1 Å². The zero-order valence-corrected chi connectivity index (χ0v) is 31.7. The summed E-state index contributed by atoms with van der Waals surface area (Å²) in [5.74, 6) is -1.56. The number of benzene rings is 3. The molecule has 13 heteroatoms. The van der Waals surface area contributed by atoms with Crippen LogP contribution in [-0.2, 0) is 29.5 Å². The molecular formula is C37H43N5O5S2Si. The molecule has 0 bridgehead atoms. The van der Waals surface area contributed by atoms with Gasteiger partial charge in [-0.25, -0.2) is 9.78 Å². The molecule has 1 fully saturated rings. The van der Waals surface area contributed by atoms with Crippen molar-refractivity contribution < 1.29 is 24.0 Å². The van der Waals surface area contributed by atoms with Crippen LogP contribution < -0.4 is 16.0 Å². The Hall–Kier alpha value is -4.46. The van der Waals surface area contributed by atoms with Crippen molar-refractivity contribution in [3.63, 3.8) is 0 Å². The van der Waals surface area contributed by atoms with Crippen molar-refractivity contribution in [2.75, 3.05) is 18.2 Å². The van der Waals surface area contributed by atoms with Gasteiger partial charge in [-0.15, -0.1) is 23.1 Å². The molecule has 1 aliphatic rings. The molecule has 2 atom stereocenters. The molecule has 0 unspecified atom stereocenters. The number of amides is 2. The molecule has 0 radical (unpaired) electrons. The van der Waals surface area contributed by atoms with E-state index in [4.69, 9.17) is 14.6 Å². The number of β-lactam (4-membered cyclic amide) rings is 1. The maximum Gasteiger partial charge on any atom is 0.352 e. The predicted molar refractivity (Wildman–Crippen MR) is 203 cm³/mol. The van der Waals surface area contributed by atoms with Gasteiger partial charge in [0.2, 0.25) is 11.5 Å². The highest BCUT2D eigenvalue weighted by molar-refractivity contribution is 7.99. The summed E-state index contributed by atoms with van der Waals surface area (Å²) in [6.45, 7) is 9.94. The Morgan fingerprint density at radius 2 is 1.48 bits per heavy atom. The molecule has 1 aromatic heterocycles. The first-order chi connectivity index (χ1) is 23.8. The fourth-order valence-corrected chi connectivity index (χ4v) is 7.47. The Bertz CT molecular complexity index is 1720. The summed E-state index contributed by atoms with van der Waals surface area (Å²) in [5, 5.41) is 15.4. The summed E-state index contributed by atoms with van der Waals surface area (Å²) in [4.78, 5) is 49.7. The summed E-state index contributed by atoms with van der Waals surface area (Å²) >= 11 is 2.70. The van der Waals surface area contributed by atoms with E-state index in [0.29, 0.717) is 5.13 Å². The van der Waals surface area contributed by atoms with Crippen molar-refractivity contribution in [1.29, 1.82) is 0 Å². The molecule has 5 rings (SSSR count). The molecule has 4 aromatic rings. The van der Waals surface area contributed by atoms with Crippen molar-refractivity contribution in [1.82, 2.24) is 15.6 Å². The lowest BCUT2D eigenvalue weighted by molar-refractivity contribution is -0.167. The Balaban J connectivity index is 1.51. The van der Waals surface area contributed by atoms with Crippen LogP contribution in [0.4, 0.5) is 5.13 Å². The summed E-state index contributed by atoms with van der Waals surface area (Å²) < 4.78 is 5.52. The highest BCUT2D eigenvalue weighted by Gasteiger charge is 2.42. The number of carbonyl (C=O) groups excluding carboxylic acids is 3. The van der Waals surface area contributed by atoms with Crippen molar-refractivity contribution in [3.8, 4) is 0 Å². The molecule has 262 valence electrons. The number of nitrogens with one attached hydrogen (secondary N) is 3. The lowest BCUT2D eigenvalue weighted by Gasteiger charge is -2.36. The first kappa shape index (κ1) is 36.8. The minimum Gasteiger partial charge on any atom is -0.463 e. The van der Waals surface area contributed by atoms with E-state index in [2.05, 4.69) is 77.1 Å². The molecule has 10 nitrogen and oxygen atoms in total. The van der Waals surface area contributed by atoms with E-state index in [1.54, 1.807) is 5.38 Å². The van der Waals surface area contributed by atoms with Gasteiger partial charge in [-0.2, -0.15) is 0 Å². The standard InChI is InChI=1S/C37H43N5O5S2Si/c1-36(2,34(45)46-22-23-50(4,5)6)47-42-29(31(43)39-30-32(44)40-33(30)48-3)28-24-49-35(38-28)41-37(25-16-10-7-11-17-25,26-18-12-8-13-19-26)27-20-14-9-15-21-27/h7-21,24,30,33H,22-23H2,1-6H3,(H,38,41)(H,39,43)(H,40,44)/t30-,33-/m1/s1. The zero-order chi connectivity index (χ0) is 35.9. The number of hydrogen-bond donors (Lipinski definition) is 3. The van der Waals surface area contributed by atoms with E-state index in [-0.39, 0.29) is 29.3 Å². The number of aromatic nitrogens is 1. The number of rotatable bonds is 15. The van der Waals surface area contributed by atoms with Crippen molar-refractivity contribution in [2.24, 2.45) is 5.16 Å². The van der Waals surface area contributed by atoms with Crippen LogP contribution in [-0.4, -0.2) is 66.4 Å². The maximum atomic E-state index is 13.8. The van der Waals surface area contributed by atoms with E-state index in [0.717, 1.165) is 22.7 Å². The van der Waals surface area contributed by atoms with Crippen LogP contribution in [0.15, 0.2) is 102 Å². The van der Waals surface area contributed by atoms with Gasteiger partial charge in [0.05, 0.1) is 6.61 Å². The van der Waals surface area contributed by atoms with Crippen LogP contribution in [0.2, 0.25) is 25.7 Å². The van der Waals surface area contributed by atoms with Gasteiger partial charge in [0.15, 0.2) is 10.8 Å². The van der Waals surface area contributed by atoms with Gasteiger partial charge in [0.1, 0.15) is 22.6 Å². The second kappa shape index (κ2) is 15.6. The van der Waals surface area contributed by atoms with Crippen LogP contribution in [0, 0.1) is 0 Å². The zero-order valence-electron chi connectivity index (χ0n) is 29.1. The third-order valence-corrected chi connectivity index (χ3v) is 11.6. The summed E-state index contributed by atoms with van der Waals surface area (Å²) in [7, 11) is -1.43. The molecule has 1 aliphatic heterocycles. The molecule has 0 spiro atoms. The number of thiazole rings is 1. The van der Waals surface area contributed by atoms with E-state index in [9.17, 15) is 14.4 Å². The monoisotopic (exact) mass is 729 g/mol. The van der Waals surface area contributed by atoms with Crippen LogP contribution in [0.25, 0.3) is 0 Å². The average molecular weight is 730 g/mol. The first-order valence-corrected chi connectivity index (χ1v) is 22.2. The lowest BCUT2D eigenvalue weighted by Crippen LogP contribution is -2.68. The Morgan fingerprint density at radius 1 is 0.940 bits per heavy atom. The average Bonchev–Trinajstić information content (AvgIpc) is 3.56. The predicted octanol–water partition coefficient (Wildman–Crippen LogP) is 6.23. The lowest BCUT2D eigenvalue weighted by atomic mass is 9.77. The van der Waals surface area contributed by atoms with Gasteiger partial charge < -0.3 is 25.5 Å². The van der Waals surface area contributed by atoms with Crippen LogP contribution >= 0.6 is 23.1 Å². The SMILES string of the molecule is CS[C@H]1NC(=O)[C@H]1NC(=O)C(=NOC(C)(C)C(=O)OCC[Si](C)(C)C)c1csc(NC(c2ccccc2)(c2ccccc2)c2ccccc2)n1. The third-order valence-electron chi connectivity index (χ3n) is 8.23. The topological polar surface area (TPSA) is 131 Å². The quantitative estimate of drug-likeness (QED) is 0.0328. The molecule has 2 heterocycles. The van der Waals surface area contributed by atoms with Gasteiger partial charge in [0, 0.05) is 13.5 Å². The number of carbonyl (C=O) groups is 3.